The smallest absolute Gasteiger partial charge is 0.250 e. The second-order valence-corrected chi connectivity index (χ2v) is 6.88. The van der Waals surface area contributed by atoms with Crippen LogP contribution in [0.4, 0.5) is 0 Å². The fraction of sp³-hybridized carbons (Fsp3) is 0.190. The number of hydrogen-bond donors (Lipinski definition) is 1. The van der Waals surface area contributed by atoms with Gasteiger partial charge in [-0.3, -0.25) is 9.78 Å². The number of amides is 1. The van der Waals surface area contributed by atoms with Crippen LogP contribution in [0.3, 0.4) is 0 Å². The Balaban J connectivity index is 1.65. The third-order valence-electron chi connectivity index (χ3n) is 4.09. The summed E-state index contributed by atoms with van der Waals surface area (Å²) in [5.74, 6) is 1.63. The van der Waals surface area contributed by atoms with E-state index < -0.39 is 0 Å². The molecule has 1 amide bonds. The van der Waals surface area contributed by atoms with Crippen LogP contribution in [0.1, 0.15) is 5.56 Å². The first-order valence-electron chi connectivity index (χ1n) is 8.74. The molecule has 0 unspecified atom stereocenters. The quantitative estimate of drug-likeness (QED) is 0.347. The molecule has 150 valence electrons. The maximum Gasteiger partial charge on any atom is 0.250 e. The number of rotatable bonds is 8. The van der Waals surface area contributed by atoms with Crippen molar-refractivity contribution in [1.29, 1.82) is 0 Å². The molecule has 0 atom stereocenters. The van der Waals surface area contributed by atoms with Crippen LogP contribution in [0.5, 0.6) is 17.2 Å². The third-order valence-corrected chi connectivity index (χ3v) is 5.14. The molecule has 0 aliphatic rings. The lowest BCUT2D eigenvalue weighted by atomic mass is 10.2. The summed E-state index contributed by atoms with van der Waals surface area (Å²) < 4.78 is 15.9. The minimum Gasteiger partial charge on any atom is -0.496 e. The predicted octanol–water partition coefficient (Wildman–Crippen LogP) is 3.50. The van der Waals surface area contributed by atoms with E-state index in [2.05, 4.69) is 15.5 Å². The van der Waals surface area contributed by atoms with Crippen LogP contribution in [0.25, 0.3) is 10.9 Å². The number of thioether (sulfide) groups is 1. The number of aromatic nitrogens is 1. The van der Waals surface area contributed by atoms with Gasteiger partial charge in [0.15, 0.2) is 0 Å². The van der Waals surface area contributed by atoms with Crippen molar-refractivity contribution >= 4 is 34.8 Å². The summed E-state index contributed by atoms with van der Waals surface area (Å²) in [6.45, 7) is 0. The van der Waals surface area contributed by atoms with Gasteiger partial charge in [-0.1, -0.05) is 18.2 Å². The number of carbonyl (C=O) groups is 1. The van der Waals surface area contributed by atoms with Crippen molar-refractivity contribution in [1.82, 2.24) is 10.4 Å². The Bertz CT molecular complexity index is 1010. The highest BCUT2D eigenvalue weighted by Gasteiger charge is 2.12. The molecule has 0 saturated carbocycles. The Labute approximate surface area is 173 Å². The zero-order valence-electron chi connectivity index (χ0n) is 16.3. The largest absolute Gasteiger partial charge is 0.496 e. The molecular formula is C21H21N3O4S. The lowest BCUT2D eigenvalue weighted by Gasteiger charge is -2.12. The predicted molar refractivity (Wildman–Crippen MR) is 114 cm³/mol. The van der Waals surface area contributed by atoms with Crippen molar-refractivity contribution < 1.29 is 19.0 Å². The van der Waals surface area contributed by atoms with E-state index in [-0.39, 0.29) is 11.7 Å². The van der Waals surface area contributed by atoms with Gasteiger partial charge in [0.25, 0.3) is 0 Å². The Kier molecular flexibility index (Phi) is 6.91. The number of hydrogen-bond acceptors (Lipinski definition) is 7. The molecular weight excluding hydrogens is 390 g/mol. The van der Waals surface area contributed by atoms with Gasteiger partial charge in [-0.2, -0.15) is 5.10 Å². The fourth-order valence-electron chi connectivity index (χ4n) is 2.70. The van der Waals surface area contributed by atoms with E-state index in [9.17, 15) is 4.79 Å². The second-order valence-electron chi connectivity index (χ2n) is 5.86. The number of hydrazone groups is 1. The van der Waals surface area contributed by atoms with Crippen LogP contribution in [0.2, 0.25) is 0 Å². The van der Waals surface area contributed by atoms with Crippen molar-refractivity contribution in [2.45, 2.75) is 4.90 Å². The van der Waals surface area contributed by atoms with E-state index in [1.54, 1.807) is 39.7 Å². The first-order valence-corrected chi connectivity index (χ1v) is 9.73. The zero-order valence-corrected chi connectivity index (χ0v) is 17.2. The van der Waals surface area contributed by atoms with Gasteiger partial charge in [0.2, 0.25) is 5.91 Å². The number of nitrogens with one attached hydrogen (secondary N) is 1. The Morgan fingerprint density at radius 3 is 2.52 bits per heavy atom. The van der Waals surface area contributed by atoms with E-state index in [0.717, 1.165) is 15.8 Å². The first kappa shape index (κ1) is 20.5. The summed E-state index contributed by atoms with van der Waals surface area (Å²) in [6.07, 6.45) is 3.23. The molecule has 0 spiro atoms. The summed E-state index contributed by atoms with van der Waals surface area (Å²) in [5, 5.41) is 5.07. The Hall–Kier alpha value is -3.26. The molecule has 1 N–H and O–H groups in total. The van der Waals surface area contributed by atoms with Crippen LogP contribution in [0, 0.1) is 0 Å². The van der Waals surface area contributed by atoms with Crippen molar-refractivity contribution in [3.63, 3.8) is 0 Å². The standard InChI is InChI=1S/C21H21N3O4S/c1-26-15-10-17(27-2)16(18(11-15)28-3)12-23-24-20(25)13-29-19-8-4-6-14-7-5-9-22-21(14)19/h4-12H,13H2,1-3H3,(H,24,25)/b23-12-. The second kappa shape index (κ2) is 9.79. The molecule has 0 bridgehead atoms. The molecule has 2 aromatic carbocycles. The summed E-state index contributed by atoms with van der Waals surface area (Å²) in [6, 6.07) is 13.2. The van der Waals surface area contributed by atoms with E-state index in [1.165, 1.54) is 18.0 Å². The van der Waals surface area contributed by atoms with Crippen LogP contribution < -0.4 is 19.6 Å². The molecule has 7 nitrogen and oxygen atoms in total. The molecule has 3 aromatic rings. The normalized spacial score (nSPS) is 10.9. The minimum absolute atomic E-state index is 0.212. The van der Waals surface area contributed by atoms with Crippen molar-refractivity contribution in [2.24, 2.45) is 5.10 Å². The average Bonchev–Trinajstić information content (AvgIpc) is 2.77. The molecule has 1 heterocycles. The first-order chi connectivity index (χ1) is 14.2. The lowest BCUT2D eigenvalue weighted by Crippen LogP contribution is -2.19. The highest BCUT2D eigenvalue weighted by molar-refractivity contribution is 8.00. The average molecular weight is 411 g/mol. The SMILES string of the molecule is COc1cc(OC)c(/C=N\NC(=O)CSc2cccc3cccnc23)c(OC)c1. The highest BCUT2D eigenvalue weighted by Crippen LogP contribution is 2.32. The van der Waals surface area contributed by atoms with Gasteiger partial charge in [0.05, 0.1) is 44.4 Å². The molecule has 0 aliphatic carbocycles. The van der Waals surface area contributed by atoms with E-state index in [1.807, 2.05) is 30.3 Å². The number of para-hydroxylation sites is 1. The van der Waals surface area contributed by atoms with Gasteiger partial charge >= 0.3 is 0 Å². The molecule has 8 heteroatoms. The molecule has 0 radical (unpaired) electrons. The number of fused-ring (bicyclic) bond motifs is 1. The fourth-order valence-corrected chi connectivity index (χ4v) is 3.53. The van der Waals surface area contributed by atoms with Crippen molar-refractivity contribution in [3.05, 3.63) is 54.2 Å². The molecule has 29 heavy (non-hydrogen) atoms. The van der Waals surface area contributed by atoms with Gasteiger partial charge in [-0.25, -0.2) is 5.43 Å². The van der Waals surface area contributed by atoms with Crippen molar-refractivity contribution in [2.75, 3.05) is 27.1 Å². The molecule has 0 aliphatic heterocycles. The summed E-state index contributed by atoms with van der Waals surface area (Å²) in [7, 11) is 4.64. The molecule has 0 saturated heterocycles. The van der Waals surface area contributed by atoms with Crippen LogP contribution >= 0.6 is 11.8 Å². The number of ether oxygens (including phenoxy) is 3. The molecule has 0 fully saturated rings. The van der Waals surface area contributed by atoms with E-state index in [0.29, 0.717) is 22.8 Å². The van der Waals surface area contributed by atoms with E-state index in [4.69, 9.17) is 14.2 Å². The maximum absolute atomic E-state index is 12.2. The van der Waals surface area contributed by atoms with E-state index >= 15 is 0 Å². The van der Waals surface area contributed by atoms with Gasteiger partial charge in [-0.05, 0) is 12.1 Å². The number of methoxy groups -OCH3 is 3. The van der Waals surface area contributed by atoms with Crippen molar-refractivity contribution in [3.8, 4) is 17.2 Å². The Morgan fingerprint density at radius 2 is 1.83 bits per heavy atom. The zero-order chi connectivity index (χ0) is 20.6. The highest BCUT2D eigenvalue weighted by atomic mass is 32.2. The van der Waals surface area contributed by atoms with Gasteiger partial charge in [0.1, 0.15) is 17.2 Å². The third kappa shape index (κ3) is 4.97. The summed E-state index contributed by atoms with van der Waals surface area (Å²) >= 11 is 1.41. The maximum atomic E-state index is 12.2. The topological polar surface area (TPSA) is 82.0 Å². The minimum atomic E-state index is -0.231. The van der Waals surface area contributed by atoms with Crippen LogP contribution in [-0.2, 0) is 4.79 Å². The number of nitrogens with zero attached hydrogens (tertiary/aromatic N) is 2. The lowest BCUT2D eigenvalue weighted by molar-refractivity contribution is -0.118. The van der Waals surface area contributed by atoms with Gasteiger partial charge < -0.3 is 14.2 Å². The van der Waals surface area contributed by atoms with Crippen LogP contribution in [0.15, 0.2) is 58.7 Å². The Morgan fingerprint density at radius 1 is 1.10 bits per heavy atom. The van der Waals surface area contributed by atoms with Gasteiger partial charge in [0, 0.05) is 28.6 Å². The molecule has 1 aromatic heterocycles. The number of benzene rings is 2. The monoisotopic (exact) mass is 411 g/mol. The number of pyridine rings is 1. The van der Waals surface area contributed by atoms with Gasteiger partial charge in [-0.15, -0.1) is 11.8 Å². The summed E-state index contributed by atoms with van der Waals surface area (Å²) in [5.41, 5.74) is 4.01. The van der Waals surface area contributed by atoms with Crippen LogP contribution in [-0.4, -0.2) is 44.2 Å². The number of carbonyl (C=O) groups excluding carboxylic acids is 1. The summed E-state index contributed by atoms with van der Waals surface area (Å²) in [4.78, 5) is 17.5. The molecule has 3 rings (SSSR count).